The van der Waals surface area contributed by atoms with E-state index in [9.17, 15) is 19.4 Å². The Morgan fingerprint density at radius 3 is 2.62 bits per heavy atom. The van der Waals surface area contributed by atoms with Gasteiger partial charge in [0.15, 0.2) is 0 Å². The molecule has 2 aromatic carbocycles. The van der Waals surface area contributed by atoms with Crippen molar-refractivity contribution in [2.45, 2.75) is 43.9 Å². The molecule has 0 unspecified atom stereocenters. The zero-order valence-corrected chi connectivity index (χ0v) is 18.2. The zero-order chi connectivity index (χ0) is 22.7. The van der Waals surface area contributed by atoms with E-state index in [1.165, 1.54) is 12.1 Å². The van der Waals surface area contributed by atoms with Crippen molar-refractivity contribution in [2.75, 3.05) is 26.2 Å². The normalized spacial score (nSPS) is 24.2. The molecule has 4 atom stereocenters. The van der Waals surface area contributed by atoms with Gasteiger partial charge >= 0.3 is 0 Å². The molecule has 168 valence electrons. The summed E-state index contributed by atoms with van der Waals surface area (Å²) in [6, 6.07) is 13.9. The number of carbonyl (C=O) groups excluding carboxylic acids is 1. The van der Waals surface area contributed by atoms with Crippen LogP contribution in [0, 0.1) is 17.7 Å². The topological polar surface area (TPSA) is 64.0 Å². The molecule has 2 aliphatic rings. The molecule has 1 amide bonds. The van der Waals surface area contributed by atoms with E-state index in [2.05, 4.69) is 16.7 Å². The van der Waals surface area contributed by atoms with Crippen LogP contribution in [0.2, 0.25) is 0 Å². The monoisotopic (exact) mass is 436 g/mol. The van der Waals surface area contributed by atoms with Crippen LogP contribution in [0.15, 0.2) is 48.5 Å². The first-order valence-electron chi connectivity index (χ1n) is 11.2. The summed E-state index contributed by atoms with van der Waals surface area (Å²) in [5.74, 6) is 5.22. The summed E-state index contributed by atoms with van der Waals surface area (Å²) in [6.07, 6.45) is 1.15. The molecule has 0 radical (unpaired) electrons. The molecule has 2 aliphatic heterocycles. The van der Waals surface area contributed by atoms with Crippen molar-refractivity contribution < 1.29 is 19.4 Å². The van der Waals surface area contributed by atoms with Crippen LogP contribution in [0.25, 0.3) is 0 Å². The summed E-state index contributed by atoms with van der Waals surface area (Å²) in [6.45, 7) is 3.76. The maximum Gasteiger partial charge on any atom is 0.254 e. The average Bonchev–Trinajstić information content (AvgIpc) is 2.77. The summed E-state index contributed by atoms with van der Waals surface area (Å²) < 4.78 is 13.7. The quantitative estimate of drug-likeness (QED) is 0.727. The molecule has 2 aromatic rings. The molecular formula is C26H29FN2O3. The van der Waals surface area contributed by atoms with Gasteiger partial charge in [-0.15, -0.1) is 0 Å². The number of benzene rings is 2. The van der Waals surface area contributed by atoms with Crippen molar-refractivity contribution in [3.63, 3.8) is 0 Å². The first kappa shape index (κ1) is 22.5. The van der Waals surface area contributed by atoms with Crippen molar-refractivity contribution in [2.24, 2.45) is 0 Å². The van der Waals surface area contributed by atoms with Crippen LogP contribution in [-0.4, -0.2) is 70.3 Å². The number of carbonyl (C=O) groups is 1. The van der Waals surface area contributed by atoms with Crippen molar-refractivity contribution in [1.29, 1.82) is 0 Å². The van der Waals surface area contributed by atoms with Gasteiger partial charge in [0.1, 0.15) is 11.9 Å². The van der Waals surface area contributed by atoms with Crippen molar-refractivity contribution in [3.05, 3.63) is 71.0 Å². The second kappa shape index (κ2) is 9.83. The number of aliphatic hydroxyl groups is 2. The molecule has 5 nitrogen and oxygen atoms in total. The minimum Gasteiger partial charge on any atom is -0.395 e. The second-order valence-electron chi connectivity index (χ2n) is 8.62. The van der Waals surface area contributed by atoms with Gasteiger partial charge < -0.3 is 15.1 Å². The summed E-state index contributed by atoms with van der Waals surface area (Å²) in [5, 5.41) is 19.4. The summed E-state index contributed by atoms with van der Waals surface area (Å²) in [4.78, 5) is 17.2. The highest BCUT2D eigenvalue weighted by Gasteiger charge is 2.49. The van der Waals surface area contributed by atoms with E-state index in [4.69, 9.17) is 0 Å². The summed E-state index contributed by atoms with van der Waals surface area (Å²) in [7, 11) is 0. The Morgan fingerprint density at radius 1 is 1.19 bits per heavy atom. The number of hydrogen-bond acceptors (Lipinski definition) is 4. The molecule has 2 saturated heterocycles. The molecule has 0 spiro atoms. The highest BCUT2D eigenvalue weighted by atomic mass is 19.1. The van der Waals surface area contributed by atoms with Gasteiger partial charge in [-0.05, 0) is 62.2 Å². The highest BCUT2D eigenvalue weighted by molar-refractivity contribution is 5.94. The Kier molecular flexibility index (Phi) is 6.90. The SMILES string of the molecule is C[C@H](O)C#Cc1ccc([C@@H]2[C@@H](CO)N3CCCCN(C(=O)c4cccc(F)c4)C[C@H]23)cc1. The number of hydrogen-bond donors (Lipinski definition) is 2. The van der Waals surface area contributed by atoms with Crippen LogP contribution in [0.5, 0.6) is 0 Å². The van der Waals surface area contributed by atoms with Crippen molar-refractivity contribution >= 4 is 5.91 Å². The van der Waals surface area contributed by atoms with E-state index in [1.54, 1.807) is 19.1 Å². The first-order chi connectivity index (χ1) is 15.5. The Bertz CT molecular complexity index is 1010. The van der Waals surface area contributed by atoms with Gasteiger partial charge in [-0.25, -0.2) is 4.39 Å². The number of fused-ring (bicyclic) bond motifs is 1. The maximum atomic E-state index is 13.7. The molecule has 0 bridgehead atoms. The first-order valence-corrected chi connectivity index (χ1v) is 11.2. The maximum absolute atomic E-state index is 13.7. The molecule has 6 heteroatoms. The predicted molar refractivity (Wildman–Crippen MR) is 121 cm³/mol. The van der Waals surface area contributed by atoms with Gasteiger partial charge in [-0.3, -0.25) is 9.69 Å². The lowest BCUT2D eigenvalue weighted by Crippen LogP contribution is -2.67. The van der Waals surface area contributed by atoms with Gasteiger partial charge in [0.25, 0.3) is 5.91 Å². The van der Waals surface area contributed by atoms with Gasteiger partial charge in [0.2, 0.25) is 0 Å². The van der Waals surface area contributed by atoms with E-state index >= 15 is 0 Å². The van der Waals surface area contributed by atoms with E-state index in [0.717, 1.165) is 30.5 Å². The van der Waals surface area contributed by atoms with Crippen LogP contribution in [0.4, 0.5) is 4.39 Å². The van der Waals surface area contributed by atoms with Crippen LogP contribution in [-0.2, 0) is 0 Å². The third-order valence-corrected chi connectivity index (χ3v) is 6.45. The van der Waals surface area contributed by atoms with E-state index in [-0.39, 0.29) is 30.5 Å². The molecule has 2 heterocycles. The Balaban J connectivity index is 1.56. The fourth-order valence-corrected chi connectivity index (χ4v) is 4.91. The molecule has 0 aliphatic carbocycles. The smallest absolute Gasteiger partial charge is 0.254 e. The predicted octanol–water partition coefficient (Wildman–Crippen LogP) is 2.62. The van der Waals surface area contributed by atoms with Crippen LogP contribution in [0.3, 0.4) is 0 Å². The average molecular weight is 437 g/mol. The molecule has 4 rings (SSSR count). The van der Waals surface area contributed by atoms with Crippen molar-refractivity contribution in [1.82, 2.24) is 9.80 Å². The van der Waals surface area contributed by atoms with Gasteiger partial charge in [-0.2, -0.15) is 0 Å². The number of aliphatic hydroxyl groups excluding tert-OH is 2. The third-order valence-electron chi connectivity index (χ3n) is 6.45. The number of halogens is 1. The highest BCUT2D eigenvalue weighted by Crippen LogP contribution is 2.42. The van der Waals surface area contributed by atoms with Crippen LogP contribution >= 0.6 is 0 Å². The molecule has 2 fully saturated rings. The molecular weight excluding hydrogens is 407 g/mol. The fourth-order valence-electron chi connectivity index (χ4n) is 4.91. The minimum atomic E-state index is -0.676. The second-order valence-corrected chi connectivity index (χ2v) is 8.62. The van der Waals surface area contributed by atoms with E-state index < -0.39 is 11.9 Å². The van der Waals surface area contributed by atoms with E-state index in [0.29, 0.717) is 18.7 Å². The Morgan fingerprint density at radius 2 is 1.94 bits per heavy atom. The summed E-state index contributed by atoms with van der Waals surface area (Å²) in [5.41, 5.74) is 2.30. The molecule has 0 saturated carbocycles. The Hall–Kier alpha value is -2.72. The Labute approximate surface area is 188 Å². The van der Waals surface area contributed by atoms with Crippen molar-refractivity contribution in [3.8, 4) is 11.8 Å². The third kappa shape index (κ3) is 4.71. The van der Waals surface area contributed by atoms with Gasteiger partial charge in [0, 0.05) is 42.2 Å². The lowest BCUT2D eigenvalue weighted by Gasteiger charge is -2.57. The summed E-state index contributed by atoms with van der Waals surface area (Å²) >= 11 is 0. The zero-order valence-electron chi connectivity index (χ0n) is 18.2. The van der Waals surface area contributed by atoms with Crippen LogP contribution < -0.4 is 0 Å². The van der Waals surface area contributed by atoms with E-state index in [1.807, 2.05) is 29.2 Å². The van der Waals surface area contributed by atoms with Gasteiger partial charge in [-0.1, -0.05) is 30.0 Å². The molecule has 2 N–H and O–H groups in total. The molecule has 32 heavy (non-hydrogen) atoms. The fraction of sp³-hybridized carbons (Fsp3) is 0.423. The number of nitrogens with zero attached hydrogens (tertiary/aromatic N) is 2. The minimum absolute atomic E-state index is 0.0126. The number of rotatable bonds is 3. The lowest BCUT2D eigenvalue weighted by molar-refractivity contribution is -0.0606. The standard InChI is InChI=1S/C26H29FN2O3/c1-18(31)7-8-19-9-11-20(12-10-19)25-23-16-28(13-2-3-14-29(23)24(25)17-30)26(32)21-5-4-6-22(27)15-21/h4-6,9-12,15,18,23-25,30-31H,2-3,13-14,16-17H2,1H3/t18-,23+,24+,25-/m0/s1. The number of amides is 1. The lowest BCUT2D eigenvalue weighted by atomic mass is 9.74. The largest absolute Gasteiger partial charge is 0.395 e. The van der Waals surface area contributed by atoms with Crippen LogP contribution in [0.1, 0.15) is 47.2 Å². The molecule has 0 aromatic heterocycles. The van der Waals surface area contributed by atoms with Gasteiger partial charge in [0.05, 0.1) is 6.61 Å².